The lowest BCUT2D eigenvalue weighted by molar-refractivity contribution is 0.261. The molecule has 2 aromatic carbocycles. The Kier molecular flexibility index (Phi) is 6.56. The van der Waals surface area contributed by atoms with Crippen LogP contribution < -0.4 is 9.47 Å². The second-order valence-corrected chi connectivity index (χ2v) is 7.97. The fraction of sp³-hybridized carbons (Fsp3) is 0.385. The molecule has 30 heavy (non-hydrogen) atoms. The number of hydrogen-bond acceptors (Lipinski definition) is 4. The van der Waals surface area contributed by atoms with E-state index in [2.05, 4.69) is 56.5 Å². The van der Waals surface area contributed by atoms with Gasteiger partial charge in [0.1, 0.15) is 36.9 Å². The molecule has 4 heteroatoms. The lowest BCUT2D eigenvalue weighted by Gasteiger charge is -2.18. The first kappa shape index (κ1) is 20.7. The minimum Gasteiger partial charge on any atom is -0.490 e. The first-order valence-corrected chi connectivity index (χ1v) is 10.6. The molecule has 4 nitrogen and oxygen atoms in total. The van der Waals surface area contributed by atoms with Crippen molar-refractivity contribution in [3.05, 3.63) is 84.0 Å². The van der Waals surface area contributed by atoms with Gasteiger partial charge in [-0.1, -0.05) is 43.3 Å². The summed E-state index contributed by atoms with van der Waals surface area (Å²) in [4.78, 5) is 0. The Morgan fingerprint density at radius 3 is 1.67 bits per heavy atom. The van der Waals surface area contributed by atoms with Crippen molar-refractivity contribution in [1.29, 1.82) is 0 Å². The zero-order valence-corrected chi connectivity index (χ0v) is 17.6. The molecule has 2 aliphatic heterocycles. The molecule has 0 aromatic heterocycles. The normalized spacial score (nSPS) is 20.3. The highest BCUT2D eigenvalue weighted by molar-refractivity contribution is 5.45. The summed E-state index contributed by atoms with van der Waals surface area (Å²) in [6.07, 6.45) is 5.88. The molecule has 0 spiro atoms. The van der Waals surface area contributed by atoms with Gasteiger partial charge in [0.15, 0.2) is 0 Å². The lowest BCUT2D eigenvalue weighted by Crippen LogP contribution is -2.07. The third kappa shape index (κ3) is 5.32. The summed E-state index contributed by atoms with van der Waals surface area (Å²) in [6, 6.07) is 12.9. The standard InChI is InChI=1S/C26H30O4/c1-4-6-21-12-19(8-10-25(21)29-16-23-14-27-23)18(3)20-9-11-26(22(13-20)7-5-2)30-17-24-15-28-24/h4-5,8-13,18,23-24H,1-2,6-7,14-17H2,3H3. The monoisotopic (exact) mass is 406 g/mol. The molecule has 2 fully saturated rings. The summed E-state index contributed by atoms with van der Waals surface area (Å²) in [6.45, 7) is 12.8. The molecule has 0 bridgehead atoms. The molecule has 158 valence electrons. The van der Waals surface area contributed by atoms with Crippen LogP contribution in [0.2, 0.25) is 0 Å². The molecular weight excluding hydrogens is 376 g/mol. The van der Waals surface area contributed by atoms with Crippen molar-refractivity contribution < 1.29 is 18.9 Å². The Hall–Kier alpha value is -2.56. The molecule has 4 rings (SSSR count). The maximum absolute atomic E-state index is 5.96. The number of ether oxygens (including phenoxy) is 4. The van der Waals surface area contributed by atoms with Crippen LogP contribution in [0.25, 0.3) is 0 Å². The van der Waals surface area contributed by atoms with Crippen LogP contribution in [0, 0.1) is 0 Å². The number of epoxide rings is 2. The molecule has 0 amide bonds. The van der Waals surface area contributed by atoms with Gasteiger partial charge in [-0.05, 0) is 47.2 Å². The van der Waals surface area contributed by atoms with Gasteiger partial charge >= 0.3 is 0 Å². The summed E-state index contributed by atoms with van der Waals surface area (Å²) in [7, 11) is 0. The van der Waals surface area contributed by atoms with Gasteiger partial charge < -0.3 is 18.9 Å². The van der Waals surface area contributed by atoms with Crippen LogP contribution in [0.15, 0.2) is 61.7 Å². The van der Waals surface area contributed by atoms with Gasteiger partial charge in [-0.25, -0.2) is 0 Å². The zero-order valence-electron chi connectivity index (χ0n) is 17.6. The van der Waals surface area contributed by atoms with E-state index in [4.69, 9.17) is 18.9 Å². The molecule has 2 heterocycles. The maximum atomic E-state index is 5.96. The van der Waals surface area contributed by atoms with Gasteiger partial charge in [-0.2, -0.15) is 0 Å². The van der Waals surface area contributed by atoms with E-state index in [9.17, 15) is 0 Å². The Morgan fingerprint density at radius 2 is 1.30 bits per heavy atom. The summed E-state index contributed by atoms with van der Waals surface area (Å²) in [5.41, 5.74) is 4.83. The molecule has 2 aromatic rings. The molecule has 0 N–H and O–H groups in total. The van der Waals surface area contributed by atoms with E-state index in [1.54, 1.807) is 0 Å². The van der Waals surface area contributed by atoms with Gasteiger partial charge in [-0.15, -0.1) is 13.2 Å². The summed E-state index contributed by atoms with van der Waals surface area (Å²) < 4.78 is 22.4. The van der Waals surface area contributed by atoms with Gasteiger partial charge in [-0.3, -0.25) is 0 Å². The molecule has 2 saturated heterocycles. The fourth-order valence-corrected chi connectivity index (χ4v) is 3.54. The quantitative estimate of drug-likeness (QED) is 0.373. The number of benzene rings is 2. The predicted octanol–water partition coefficient (Wildman–Crippen LogP) is 4.85. The highest BCUT2D eigenvalue weighted by Gasteiger charge is 2.24. The second-order valence-electron chi connectivity index (χ2n) is 7.97. The van der Waals surface area contributed by atoms with Crippen LogP contribution in [-0.2, 0) is 22.3 Å². The predicted molar refractivity (Wildman–Crippen MR) is 119 cm³/mol. The fourth-order valence-electron chi connectivity index (χ4n) is 3.54. The Morgan fingerprint density at radius 1 is 0.867 bits per heavy atom. The maximum Gasteiger partial charge on any atom is 0.122 e. The van der Waals surface area contributed by atoms with Crippen molar-refractivity contribution in [2.75, 3.05) is 26.4 Å². The van der Waals surface area contributed by atoms with Crippen molar-refractivity contribution in [1.82, 2.24) is 0 Å². The summed E-state index contributed by atoms with van der Waals surface area (Å²) >= 11 is 0. The van der Waals surface area contributed by atoms with E-state index in [-0.39, 0.29) is 18.1 Å². The number of allylic oxidation sites excluding steroid dienone is 2. The minimum atomic E-state index is 0.246. The second kappa shape index (κ2) is 9.50. The topological polar surface area (TPSA) is 43.5 Å². The first-order valence-electron chi connectivity index (χ1n) is 10.6. The van der Waals surface area contributed by atoms with E-state index in [1.807, 2.05) is 12.2 Å². The number of hydrogen-bond donors (Lipinski definition) is 0. The van der Waals surface area contributed by atoms with Crippen molar-refractivity contribution in [3.63, 3.8) is 0 Å². The summed E-state index contributed by atoms with van der Waals surface area (Å²) in [5.74, 6) is 2.08. The summed E-state index contributed by atoms with van der Waals surface area (Å²) in [5, 5.41) is 0. The van der Waals surface area contributed by atoms with Crippen LogP contribution in [0.5, 0.6) is 11.5 Å². The van der Waals surface area contributed by atoms with E-state index in [0.717, 1.165) is 48.7 Å². The van der Waals surface area contributed by atoms with Crippen molar-refractivity contribution in [2.45, 2.75) is 37.9 Å². The van der Waals surface area contributed by atoms with E-state index in [1.165, 1.54) is 11.1 Å². The first-order chi connectivity index (χ1) is 14.7. The third-order valence-electron chi connectivity index (χ3n) is 5.55. The number of rotatable bonds is 12. The third-order valence-corrected chi connectivity index (χ3v) is 5.55. The average molecular weight is 407 g/mol. The van der Waals surface area contributed by atoms with Crippen molar-refractivity contribution in [2.24, 2.45) is 0 Å². The lowest BCUT2D eigenvalue weighted by atomic mass is 9.90. The van der Waals surface area contributed by atoms with Crippen molar-refractivity contribution in [3.8, 4) is 11.5 Å². The minimum absolute atomic E-state index is 0.246. The SMILES string of the molecule is C=CCc1cc(C(C)c2ccc(OCC3CO3)c(CC=C)c2)ccc1OCC1CO1. The van der Waals surface area contributed by atoms with Crippen molar-refractivity contribution >= 4 is 0 Å². The Balaban J connectivity index is 1.53. The van der Waals surface area contributed by atoms with E-state index in [0.29, 0.717) is 13.2 Å². The highest BCUT2D eigenvalue weighted by atomic mass is 16.6. The van der Waals surface area contributed by atoms with Gasteiger partial charge in [0.2, 0.25) is 0 Å². The van der Waals surface area contributed by atoms with E-state index >= 15 is 0 Å². The van der Waals surface area contributed by atoms with Crippen LogP contribution in [0.1, 0.15) is 35.1 Å². The Bertz CT molecular complexity index is 822. The smallest absolute Gasteiger partial charge is 0.122 e. The van der Waals surface area contributed by atoms with Gasteiger partial charge in [0.05, 0.1) is 13.2 Å². The van der Waals surface area contributed by atoms with E-state index < -0.39 is 0 Å². The molecule has 2 unspecified atom stereocenters. The van der Waals surface area contributed by atoms with Crippen LogP contribution in [0.4, 0.5) is 0 Å². The van der Waals surface area contributed by atoms with Crippen LogP contribution in [-0.4, -0.2) is 38.6 Å². The van der Waals surface area contributed by atoms with Crippen LogP contribution in [0.3, 0.4) is 0 Å². The zero-order chi connectivity index (χ0) is 20.9. The molecular formula is C26H30O4. The molecule has 2 aliphatic rings. The largest absolute Gasteiger partial charge is 0.490 e. The Labute approximate surface area is 179 Å². The molecule has 2 atom stereocenters. The van der Waals surface area contributed by atoms with Gasteiger partial charge in [0, 0.05) is 5.92 Å². The molecule has 0 aliphatic carbocycles. The average Bonchev–Trinajstić information content (AvgIpc) is 3.67. The highest BCUT2D eigenvalue weighted by Crippen LogP contribution is 2.32. The van der Waals surface area contributed by atoms with Gasteiger partial charge in [0.25, 0.3) is 0 Å². The molecule has 0 saturated carbocycles. The molecule has 0 radical (unpaired) electrons. The van der Waals surface area contributed by atoms with Crippen LogP contribution >= 0.6 is 0 Å².